The first-order valence-electron chi connectivity index (χ1n) is 11.5. The second-order valence-electron chi connectivity index (χ2n) is 8.07. The summed E-state index contributed by atoms with van der Waals surface area (Å²) in [5, 5.41) is 18.0. The topological polar surface area (TPSA) is 124 Å². The average molecular weight is 492 g/mol. The molecule has 182 valence electrons. The third-order valence-electron chi connectivity index (χ3n) is 5.76. The fraction of sp³-hybridized carbons (Fsp3) is 0.0741. The zero-order valence-corrected chi connectivity index (χ0v) is 19.8. The fourth-order valence-electron chi connectivity index (χ4n) is 4.05. The summed E-state index contributed by atoms with van der Waals surface area (Å²) in [5.41, 5.74) is 4.04. The van der Waals surface area contributed by atoms with E-state index in [2.05, 4.69) is 35.9 Å². The van der Waals surface area contributed by atoms with Crippen molar-refractivity contribution in [3.05, 3.63) is 91.0 Å². The highest BCUT2D eigenvalue weighted by Crippen LogP contribution is 2.43. The van der Waals surface area contributed by atoms with Gasteiger partial charge in [-0.3, -0.25) is 0 Å². The predicted molar refractivity (Wildman–Crippen MR) is 137 cm³/mol. The number of rotatable bonds is 8. The molecule has 6 rings (SSSR count). The summed E-state index contributed by atoms with van der Waals surface area (Å²) >= 11 is 0. The van der Waals surface area contributed by atoms with Gasteiger partial charge < -0.3 is 19.2 Å². The Bertz CT molecular complexity index is 1630. The van der Waals surface area contributed by atoms with Crippen LogP contribution in [0.3, 0.4) is 0 Å². The fourth-order valence-corrected chi connectivity index (χ4v) is 4.05. The highest BCUT2D eigenvalue weighted by molar-refractivity contribution is 6.06. The van der Waals surface area contributed by atoms with E-state index in [-0.39, 0.29) is 6.61 Å². The van der Waals surface area contributed by atoms with Crippen molar-refractivity contribution < 1.29 is 13.9 Å². The van der Waals surface area contributed by atoms with Crippen molar-refractivity contribution in [1.82, 2.24) is 30.6 Å². The Balaban J connectivity index is 1.42. The van der Waals surface area contributed by atoms with Gasteiger partial charge in [-0.15, -0.1) is 10.2 Å². The monoisotopic (exact) mass is 491 g/mol. The van der Waals surface area contributed by atoms with Gasteiger partial charge in [0.1, 0.15) is 29.4 Å². The maximum Gasteiger partial charge on any atom is 0.232 e. The first-order valence-corrected chi connectivity index (χ1v) is 11.5. The number of hydrogen-bond acceptors (Lipinski definition) is 9. The number of furan rings is 1. The minimum absolute atomic E-state index is 0.196. The lowest BCUT2D eigenvalue weighted by molar-refractivity contribution is 0.296. The first-order chi connectivity index (χ1) is 18.3. The van der Waals surface area contributed by atoms with Gasteiger partial charge in [-0.2, -0.15) is 5.21 Å². The lowest BCUT2D eigenvalue weighted by Crippen LogP contribution is -1.99. The van der Waals surface area contributed by atoms with Crippen LogP contribution in [0.5, 0.6) is 11.5 Å². The summed E-state index contributed by atoms with van der Waals surface area (Å²) in [6, 6.07) is 25.3. The van der Waals surface area contributed by atoms with Crippen molar-refractivity contribution in [3.63, 3.8) is 0 Å². The molecule has 0 spiro atoms. The highest BCUT2D eigenvalue weighted by Gasteiger charge is 2.22. The predicted octanol–water partition coefficient (Wildman–Crippen LogP) is 5.40. The summed E-state index contributed by atoms with van der Waals surface area (Å²) in [6.45, 7) is 0.196. The molecule has 3 heterocycles. The summed E-state index contributed by atoms with van der Waals surface area (Å²) < 4.78 is 17.5. The van der Waals surface area contributed by atoms with Crippen LogP contribution in [0.25, 0.3) is 33.6 Å². The van der Waals surface area contributed by atoms with Gasteiger partial charge in [0.15, 0.2) is 6.61 Å². The van der Waals surface area contributed by atoms with Crippen LogP contribution in [0.1, 0.15) is 5.82 Å². The Hall–Kier alpha value is -5.25. The average Bonchev–Trinajstić information content (AvgIpc) is 3.61. The van der Waals surface area contributed by atoms with Gasteiger partial charge in [-0.1, -0.05) is 53.7 Å². The van der Waals surface area contributed by atoms with Crippen LogP contribution < -0.4 is 14.8 Å². The lowest BCUT2D eigenvalue weighted by atomic mass is 9.99. The second-order valence-corrected chi connectivity index (χ2v) is 8.07. The van der Waals surface area contributed by atoms with Crippen LogP contribution in [0.2, 0.25) is 0 Å². The molecule has 0 atom stereocenters. The molecule has 0 amide bonds. The third kappa shape index (κ3) is 4.55. The zero-order valence-electron chi connectivity index (χ0n) is 19.8. The number of methoxy groups -OCH3 is 1. The Morgan fingerprint density at radius 1 is 0.892 bits per heavy atom. The molecule has 0 saturated carbocycles. The molecule has 0 unspecified atom stereocenters. The number of H-pyrrole nitrogens is 1. The second kappa shape index (κ2) is 9.78. The Morgan fingerprint density at radius 2 is 1.76 bits per heavy atom. The van der Waals surface area contributed by atoms with Crippen LogP contribution in [0.4, 0.5) is 11.5 Å². The Morgan fingerprint density at radius 3 is 2.54 bits per heavy atom. The van der Waals surface area contributed by atoms with Crippen LogP contribution >= 0.6 is 0 Å². The van der Waals surface area contributed by atoms with E-state index >= 15 is 0 Å². The molecule has 0 aliphatic heterocycles. The number of benzene rings is 3. The van der Waals surface area contributed by atoms with Crippen LogP contribution in [-0.4, -0.2) is 37.7 Å². The molecule has 2 N–H and O–H groups in total. The molecular formula is C27H21N7O3. The Labute approximate surface area is 211 Å². The summed E-state index contributed by atoms with van der Waals surface area (Å²) in [5.74, 6) is 3.20. The van der Waals surface area contributed by atoms with Crippen LogP contribution in [0.15, 0.2) is 89.6 Å². The third-order valence-corrected chi connectivity index (χ3v) is 5.76. The van der Waals surface area contributed by atoms with Gasteiger partial charge >= 0.3 is 0 Å². The quantitative estimate of drug-likeness (QED) is 0.288. The minimum Gasteiger partial charge on any atom is -0.497 e. The van der Waals surface area contributed by atoms with Crippen molar-refractivity contribution >= 4 is 22.6 Å². The molecule has 3 aromatic heterocycles. The van der Waals surface area contributed by atoms with E-state index in [0.717, 1.165) is 33.5 Å². The zero-order chi connectivity index (χ0) is 25.0. The molecule has 10 nitrogen and oxygen atoms in total. The molecule has 0 aliphatic rings. The van der Waals surface area contributed by atoms with Gasteiger partial charge in [0.25, 0.3) is 0 Å². The normalized spacial score (nSPS) is 10.9. The molecule has 37 heavy (non-hydrogen) atoms. The molecule has 0 saturated heterocycles. The maximum atomic E-state index is 6.31. The lowest BCUT2D eigenvalue weighted by Gasteiger charge is -2.10. The van der Waals surface area contributed by atoms with Crippen LogP contribution in [-0.2, 0) is 6.61 Å². The van der Waals surface area contributed by atoms with E-state index < -0.39 is 0 Å². The van der Waals surface area contributed by atoms with Crippen molar-refractivity contribution in [2.45, 2.75) is 6.61 Å². The van der Waals surface area contributed by atoms with E-state index in [1.165, 1.54) is 6.33 Å². The van der Waals surface area contributed by atoms with E-state index in [1.54, 1.807) is 7.11 Å². The van der Waals surface area contributed by atoms with Gasteiger partial charge in [-0.05, 0) is 29.8 Å². The van der Waals surface area contributed by atoms with E-state index in [4.69, 9.17) is 13.9 Å². The number of nitrogens with zero attached hydrogens (tertiary/aromatic N) is 5. The number of aromatic amines is 1. The van der Waals surface area contributed by atoms with E-state index in [0.29, 0.717) is 28.9 Å². The number of fused-ring (bicyclic) bond motifs is 1. The number of nitrogens with one attached hydrogen (secondary N) is 2. The number of anilines is 2. The van der Waals surface area contributed by atoms with Gasteiger partial charge in [0.2, 0.25) is 11.5 Å². The highest BCUT2D eigenvalue weighted by atomic mass is 16.5. The molecule has 6 aromatic rings. The summed E-state index contributed by atoms with van der Waals surface area (Å²) in [4.78, 5) is 9.00. The van der Waals surface area contributed by atoms with E-state index in [1.807, 2.05) is 78.9 Å². The number of aromatic nitrogens is 6. The van der Waals surface area contributed by atoms with Crippen molar-refractivity contribution in [2.24, 2.45) is 0 Å². The Kier molecular flexibility index (Phi) is 5.88. The van der Waals surface area contributed by atoms with Crippen molar-refractivity contribution in [2.75, 3.05) is 12.4 Å². The molecule has 0 bridgehead atoms. The number of ether oxygens (including phenoxy) is 2. The van der Waals surface area contributed by atoms with E-state index in [9.17, 15) is 0 Å². The van der Waals surface area contributed by atoms with Gasteiger partial charge in [0.05, 0.1) is 12.5 Å². The number of hydrogen-bond donors (Lipinski definition) is 2. The first kappa shape index (κ1) is 22.2. The van der Waals surface area contributed by atoms with Gasteiger partial charge in [-0.25, -0.2) is 9.97 Å². The molecular weight excluding hydrogens is 470 g/mol. The molecule has 3 aromatic carbocycles. The minimum atomic E-state index is 0.196. The largest absolute Gasteiger partial charge is 0.497 e. The number of tetrazole rings is 1. The molecule has 0 fully saturated rings. The SMILES string of the molecule is COc1ccc(-c2c(-c3ccccc3)oc3ncnc(Nc4cccc(OCc5nn[nH]n5)c4)c23)cc1. The van der Waals surface area contributed by atoms with Crippen molar-refractivity contribution in [1.29, 1.82) is 0 Å². The smallest absolute Gasteiger partial charge is 0.232 e. The van der Waals surface area contributed by atoms with Crippen LogP contribution in [0, 0.1) is 0 Å². The standard InChI is InChI=1S/C27H21N7O3/c1-35-20-12-10-17(11-13-20)23-24-26(28-16-29-27(24)37-25(23)18-6-3-2-4-7-18)30-19-8-5-9-21(14-19)36-15-22-31-33-34-32-22/h2-14,16H,15H2,1H3,(H,28,29,30)(H,31,32,33,34). The molecule has 10 heteroatoms. The van der Waals surface area contributed by atoms with Crippen molar-refractivity contribution in [3.8, 4) is 33.9 Å². The summed E-state index contributed by atoms with van der Waals surface area (Å²) in [6.07, 6.45) is 1.48. The summed E-state index contributed by atoms with van der Waals surface area (Å²) in [7, 11) is 1.65. The van der Waals surface area contributed by atoms with Gasteiger partial charge in [0, 0.05) is 22.9 Å². The maximum absolute atomic E-state index is 6.31. The molecule has 0 aliphatic carbocycles. The molecule has 0 radical (unpaired) electrons.